The van der Waals surface area contributed by atoms with Crippen molar-refractivity contribution in [3.05, 3.63) is 64.8 Å². The van der Waals surface area contributed by atoms with Gasteiger partial charge in [0.25, 0.3) is 17.7 Å². The number of benzene rings is 2. The first-order valence-electron chi connectivity index (χ1n) is 7.81. The van der Waals surface area contributed by atoms with Crippen LogP contribution in [-0.2, 0) is 0 Å². The first kappa shape index (κ1) is 15.1. The standard InChI is InChI=1S/C19H15N3O3/c1-10-7-12-8-13(4-6-16(12)20-10)21-17(23)11-3-5-14-15(9-11)19(25)22(2)18(14)24/h3-9,20H,1-2H3,(H,21,23). The summed E-state index contributed by atoms with van der Waals surface area (Å²) < 4.78 is 0. The molecule has 1 aromatic heterocycles. The van der Waals surface area contributed by atoms with E-state index in [1.54, 1.807) is 6.07 Å². The second-order valence-corrected chi connectivity index (χ2v) is 6.14. The highest BCUT2D eigenvalue weighted by Crippen LogP contribution is 2.24. The van der Waals surface area contributed by atoms with Gasteiger partial charge in [-0.3, -0.25) is 19.3 Å². The number of aromatic amines is 1. The molecule has 2 heterocycles. The summed E-state index contributed by atoms with van der Waals surface area (Å²) in [5, 5.41) is 3.83. The molecule has 0 fully saturated rings. The van der Waals surface area contributed by atoms with Crippen LogP contribution >= 0.6 is 0 Å². The van der Waals surface area contributed by atoms with Crippen LogP contribution in [0.3, 0.4) is 0 Å². The van der Waals surface area contributed by atoms with Crippen LogP contribution in [0.1, 0.15) is 36.8 Å². The highest BCUT2D eigenvalue weighted by molar-refractivity contribution is 6.22. The average molecular weight is 333 g/mol. The molecule has 25 heavy (non-hydrogen) atoms. The number of nitrogens with one attached hydrogen (secondary N) is 2. The van der Waals surface area contributed by atoms with Crippen LogP contribution in [0, 0.1) is 6.92 Å². The molecule has 3 amide bonds. The molecule has 0 aliphatic carbocycles. The monoisotopic (exact) mass is 333 g/mol. The molecule has 6 heteroatoms. The van der Waals surface area contributed by atoms with Gasteiger partial charge in [0.15, 0.2) is 0 Å². The zero-order chi connectivity index (χ0) is 17.7. The summed E-state index contributed by atoms with van der Waals surface area (Å²) in [5.41, 5.74) is 3.63. The smallest absolute Gasteiger partial charge is 0.261 e. The van der Waals surface area contributed by atoms with Gasteiger partial charge in [0.05, 0.1) is 11.1 Å². The van der Waals surface area contributed by atoms with Gasteiger partial charge in [0.1, 0.15) is 0 Å². The second kappa shape index (κ2) is 5.31. The van der Waals surface area contributed by atoms with Crippen molar-refractivity contribution in [3.8, 4) is 0 Å². The molecule has 0 saturated carbocycles. The fraction of sp³-hybridized carbons (Fsp3) is 0.105. The molecule has 2 N–H and O–H groups in total. The first-order valence-corrected chi connectivity index (χ1v) is 7.81. The van der Waals surface area contributed by atoms with Crippen molar-refractivity contribution in [3.63, 3.8) is 0 Å². The Labute approximate surface area is 143 Å². The summed E-state index contributed by atoms with van der Waals surface area (Å²) in [5.74, 6) is -1.07. The predicted molar refractivity (Wildman–Crippen MR) is 93.9 cm³/mol. The Morgan fingerprint density at radius 1 is 1.00 bits per heavy atom. The molecule has 1 aliphatic heterocycles. The number of fused-ring (bicyclic) bond motifs is 2. The molecule has 6 nitrogen and oxygen atoms in total. The molecule has 3 aromatic rings. The van der Waals surface area contributed by atoms with E-state index in [4.69, 9.17) is 0 Å². The minimum Gasteiger partial charge on any atom is -0.359 e. The number of carbonyl (C=O) groups is 3. The lowest BCUT2D eigenvalue weighted by Crippen LogP contribution is -2.24. The summed E-state index contributed by atoms with van der Waals surface area (Å²) >= 11 is 0. The topological polar surface area (TPSA) is 82.3 Å². The van der Waals surface area contributed by atoms with Gasteiger partial charge in [-0.25, -0.2) is 0 Å². The highest BCUT2D eigenvalue weighted by atomic mass is 16.2. The fourth-order valence-corrected chi connectivity index (χ4v) is 3.06. The Balaban J connectivity index is 1.63. The molecule has 1 aliphatic rings. The molecule has 0 saturated heterocycles. The normalized spacial score (nSPS) is 13.4. The summed E-state index contributed by atoms with van der Waals surface area (Å²) in [6, 6.07) is 12.1. The molecule has 0 atom stereocenters. The number of rotatable bonds is 2. The van der Waals surface area contributed by atoms with Gasteiger partial charge in [-0.15, -0.1) is 0 Å². The van der Waals surface area contributed by atoms with Gasteiger partial charge in [-0.2, -0.15) is 0 Å². The Hall–Kier alpha value is -3.41. The number of H-pyrrole nitrogens is 1. The van der Waals surface area contributed by atoms with Crippen LogP contribution in [0.25, 0.3) is 10.9 Å². The molecular formula is C19H15N3O3. The van der Waals surface area contributed by atoms with Crippen molar-refractivity contribution in [2.75, 3.05) is 12.4 Å². The Bertz CT molecular complexity index is 1060. The third-order valence-corrected chi connectivity index (χ3v) is 4.37. The van der Waals surface area contributed by atoms with Crippen LogP contribution in [0.5, 0.6) is 0 Å². The molecule has 4 rings (SSSR count). The van der Waals surface area contributed by atoms with E-state index in [1.807, 2.05) is 31.2 Å². The number of aromatic nitrogens is 1. The van der Waals surface area contributed by atoms with E-state index in [0.717, 1.165) is 21.5 Å². The van der Waals surface area contributed by atoms with Crippen molar-refractivity contribution < 1.29 is 14.4 Å². The zero-order valence-corrected chi connectivity index (χ0v) is 13.7. The summed E-state index contributed by atoms with van der Waals surface area (Å²) in [7, 11) is 1.43. The SMILES string of the molecule is Cc1cc2cc(NC(=O)c3ccc4c(c3)C(=O)N(C)C4=O)ccc2[nH]1. The summed E-state index contributed by atoms with van der Waals surface area (Å²) in [4.78, 5) is 40.7. The minimum atomic E-state index is -0.390. The molecule has 0 spiro atoms. The minimum absolute atomic E-state index is 0.261. The number of hydrogen-bond donors (Lipinski definition) is 2. The lowest BCUT2D eigenvalue weighted by Gasteiger charge is -2.06. The molecule has 0 unspecified atom stereocenters. The summed E-state index contributed by atoms with van der Waals surface area (Å²) in [6.45, 7) is 1.97. The molecule has 0 bridgehead atoms. The highest BCUT2D eigenvalue weighted by Gasteiger charge is 2.33. The Morgan fingerprint density at radius 3 is 2.56 bits per heavy atom. The lowest BCUT2D eigenvalue weighted by molar-refractivity contribution is 0.0693. The van der Waals surface area contributed by atoms with E-state index >= 15 is 0 Å². The largest absolute Gasteiger partial charge is 0.359 e. The van der Waals surface area contributed by atoms with E-state index in [-0.39, 0.29) is 23.3 Å². The Morgan fingerprint density at radius 2 is 1.76 bits per heavy atom. The maximum atomic E-state index is 12.5. The van der Waals surface area contributed by atoms with Crippen molar-refractivity contribution in [2.45, 2.75) is 6.92 Å². The first-order chi connectivity index (χ1) is 11.9. The van der Waals surface area contributed by atoms with Crippen LogP contribution in [0.4, 0.5) is 5.69 Å². The maximum absolute atomic E-state index is 12.5. The molecule has 2 aromatic carbocycles. The van der Waals surface area contributed by atoms with Gasteiger partial charge in [0.2, 0.25) is 0 Å². The fourth-order valence-electron chi connectivity index (χ4n) is 3.06. The van der Waals surface area contributed by atoms with Crippen molar-refractivity contribution in [2.24, 2.45) is 0 Å². The zero-order valence-electron chi connectivity index (χ0n) is 13.7. The third-order valence-electron chi connectivity index (χ3n) is 4.37. The van der Waals surface area contributed by atoms with Crippen molar-refractivity contribution >= 4 is 34.3 Å². The van der Waals surface area contributed by atoms with E-state index < -0.39 is 0 Å². The number of anilines is 1. The molecule has 124 valence electrons. The number of amides is 3. The van der Waals surface area contributed by atoms with Gasteiger partial charge in [-0.05, 0) is 49.4 Å². The van der Waals surface area contributed by atoms with E-state index in [9.17, 15) is 14.4 Å². The number of nitrogens with zero attached hydrogens (tertiary/aromatic N) is 1. The van der Waals surface area contributed by atoms with Gasteiger partial charge in [0, 0.05) is 34.9 Å². The van der Waals surface area contributed by atoms with Crippen molar-refractivity contribution in [1.29, 1.82) is 0 Å². The second-order valence-electron chi connectivity index (χ2n) is 6.14. The number of carbonyl (C=O) groups excluding carboxylic acids is 3. The number of imide groups is 1. The average Bonchev–Trinajstić information content (AvgIpc) is 3.07. The number of hydrogen-bond acceptors (Lipinski definition) is 3. The molecule has 0 radical (unpaired) electrons. The third kappa shape index (κ3) is 2.39. The van der Waals surface area contributed by atoms with E-state index in [2.05, 4.69) is 10.3 Å². The molecular weight excluding hydrogens is 318 g/mol. The Kier molecular flexibility index (Phi) is 3.21. The predicted octanol–water partition coefficient (Wildman–Crippen LogP) is 2.95. The van der Waals surface area contributed by atoms with Crippen LogP contribution in [0.2, 0.25) is 0 Å². The summed E-state index contributed by atoms with van der Waals surface area (Å²) in [6.07, 6.45) is 0. The van der Waals surface area contributed by atoms with Crippen LogP contribution in [-0.4, -0.2) is 34.7 Å². The van der Waals surface area contributed by atoms with Crippen molar-refractivity contribution in [1.82, 2.24) is 9.88 Å². The van der Waals surface area contributed by atoms with Crippen LogP contribution < -0.4 is 5.32 Å². The quantitative estimate of drug-likeness (QED) is 0.707. The van der Waals surface area contributed by atoms with Gasteiger partial charge in [-0.1, -0.05) is 0 Å². The van der Waals surface area contributed by atoms with E-state index in [1.165, 1.54) is 19.2 Å². The van der Waals surface area contributed by atoms with Crippen LogP contribution in [0.15, 0.2) is 42.5 Å². The van der Waals surface area contributed by atoms with Gasteiger partial charge >= 0.3 is 0 Å². The lowest BCUT2D eigenvalue weighted by atomic mass is 10.1. The van der Waals surface area contributed by atoms with E-state index in [0.29, 0.717) is 16.8 Å². The number of aryl methyl sites for hydroxylation is 1. The maximum Gasteiger partial charge on any atom is 0.261 e. The van der Waals surface area contributed by atoms with Gasteiger partial charge < -0.3 is 10.3 Å².